The van der Waals surface area contributed by atoms with E-state index >= 15 is 0 Å². The first kappa shape index (κ1) is 12.9. The van der Waals surface area contributed by atoms with E-state index in [1.807, 2.05) is 6.07 Å². The van der Waals surface area contributed by atoms with E-state index in [4.69, 9.17) is 6.42 Å². The Hall–Kier alpha value is -2.08. The van der Waals surface area contributed by atoms with Gasteiger partial charge < -0.3 is 4.90 Å². The molecule has 1 saturated heterocycles. The number of rotatable bonds is 1. The number of terminal acetylenes is 1. The predicted octanol–water partition coefficient (Wildman–Crippen LogP) is 2.43. The average Bonchev–Trinajstić information content (AvgIpc) is 2.74. The van der Waals surface area contributed by atoms with Gasteiger partial charge in [-0.15, -0.1) is 6.42 Å². The number of fused-ring (bicyclic) bond motifs is 1. The number of Topliss-reactive ketones (excluding diaryl/α,β-unsaturated/α-hetero) is 1. The van der Waals surface area contributed by atoms with Crippen LogP contribution in [0.5, 0.6) is 0 Å². The van der Waals surface area contributed by atoms with Gasteiger partial charge in [-0.3, -0.25) is 9.78 Å². The van der Waals surface area contributed by atoms with E-state index in [0.29, 0.717) is 12.0 Å². The fourth-order valence-corrected chi connectivity index (χ4v) is 3.10. The molecule has 0 bridgehead atoms. The van der Waals surface area contributed by atoms with Crippen molar-refractivity contribution in [2.45, 2.75) is 32.1 Å². The molecule has 0 unspecified atom stereocenters. The molecule has 20 heavy (non-hydrogen) atoms. The van der Waals surface area contributed by atoms with Gasteiger partial charge in [-0.2, -0.15) is 0 Å². The highest BCUT2D eigenvalue weighted by molar-refractivity contribution is 6.10. The number of nitrogens with zero attached hydrogens (tertiary/aromatic N) is 2. The Morgan fingerprint density at radius 2 is 1.95 bits per heavy atom. The summed E-state index contributed by atoms with van der Waals surface area (Å²) < 4.78 is 0. The number of allylic oxidation sites excluding steroid dienone is 1. The third kappa shape index (κ3) is 2.22. The Bertz CT molecular complexity index is 602. The maximum Gasteiger partial charge on any atom is 0.177 e. The van der Waals surface area contributed by atoms with Crippen LogP contribution in [0.1, 0.15) is 36.8 Å². The second-order valence-electron chi connectivity index (χ2n) is 5.40. The lowest BCUT2D eigenvalue weighted by molar-refractivity contribution is -0.114. The van der Waals surface area contributed by atoms with Crippen LogP contribution in [0.25, 0.3) is 5.70 Å². The Morgan fingerprint density at radius 1 is 1.20 bits per heavy atom. The lowest BCUT2D eigenvalue weighted by atomic mass is 9.89. The summed E-state index contributed by atoms with van der Waals surface area (Å²) in [5.74, 6) is 2.68. The van der Waals surface area contributed by atoms with E-state index in [9.17, 15) is 4.79 Å². The summed E-state index contributed by atoms with van der Waals surface area (Å²) in [7, 11) is 0. The van der Waals surface area contributed by atoms with E-state index in [2.05, 4.69) is 15.8 Å². The molecule has 0 N–H and O–H groups in total. The van der Waals surface area contributed by atoms with Crippen LogP contribution in [0.2, 0.25) is 0 Å². The zero-order valence-corrected chi connectivity index (χ0v) is 11.6. The molecule has 0 saturated carbocycles. The summed E-state index contributed by atoms with van der Waals surface area (Å²) in [6, 6.07) is 1.99. The van der Waals surface area contributed by atoms with Crippen LogP contribution in [-0.4, -0.2) is 28.8 Å². The SMILES string of the molecule is C#CC1=C(N2CCCCCC2)c2ccncc2CC1=O. The lowest BCUT2D eigenvalue weighted by Crippen LogP contribution is -2.29. The summed E-state index contributed by atoms with van der Waals surface area (Å²) in [6.45, 7) is 1.96. The van der Waals surface area contributed by atoms with Gasteiger partial charge >= 0.3 is 0 Å². The van der Waals surface area contributed by atoms with Gasteiger partial charge in [0.15, 0.2) is 5.78 Å². The van der Waals surface area contributed by atoms with Gasteiger partial charge in [0.25, 0.3) is 0 Å². The van der Waals surface area contributed by atoms with Crippen LogP contribution < -0.4 is 0 Å². The van der Waals surface area contributed by atoms with E-state index in [1.54, 1.807) is 12.4 Å². The molecule has 102 valence electrons. The molecule has 0 radical (unpaired) electrons. The standard InChI is InChI=1S/C17H18N2O/c1-2-14-16(20)11-13-12-18-8-7-15(13)17(14)19-9-5-3-4-6-10-19/h1,7-8,12H,3-6,9-11H2. The zero-order chi connectivity index (χ0) is 13.9. The van der Waals surface area contributed by atoms with Crippen molar-refractivity contribution in [2.75, 3.05) is 13.1 Å². The van der Waals surface area contributed by atoms with Crippen LogP contribution in [0.4, 0.5) is 0 Å². The second kappa shape index (κ2) is 5.50. The van der Waals surface area contributed by atoms with Crippen LogP contribution in [0.3, 0.4) is 0 Å². The predicted molar refractivity (Wildman–Crippen MR) is 78.7 cm³/mol. The number of likely N-dealkylation sites (tertiary alicyclic amines) is 1. The van der Waals surface area contributed by atoms with Gasteiger partial charge in [-0.05, 0) is 24.5 Å². The molecule has 1 fully saturated rings. The van der Waals surface area contributed by atoms with Crippen LogP contribution >= 0.6 is 0 Å². The van der Waals surface area contributed by atoms with Gasteiger partial charge in [0, 0.05) is 37.5 Å². The first-order valence-electron chi connectivity index (χ1n) is 7.23. The van der Waals surface area contributed by atoms with E-state index in [-0.39, 0.29) is 5.78 Å². The summed E-state index contributed by atoms with van der Waals surface area (Å²) >= 11 is 0. The number of hydrogen-bond acceptors (Lipinski definition) is 3. The van der Waals surface area contributed by atoms with Crippen molar-refractivity contribution in [3.8, 4) is 12.3 Å². The van der Waals surface area contributed by atoms with Crippen molar-refractivity contribution in [1.29, 1.82) is 0 Å². The molecule has 3 nitrogen and oxygen atoms in total. The number of pyridine rings is 1. The van der Waals surface area contributed by atoms with E-state index in [0.717, 1.165) is 42.8 Å². The number of ketones is 1. The summed E-state index contributed by atoms with van der Waals surface area (Å²) in [6.07, 6.45) is 14.4. The number of hydrogen-bond donors (Lipinski definition) is 0. The van der Waals surface area contributed by atoms with Crippen molar-refractivity contribution >= 4 is 11.5 Å². The molecule has 1 aromatic heterocycles. The number of aromatic nitrogens is 1. The molecule has 0 spiro atoms. The molecule has 3 rings (SSSR count). The average molecular weight is 266 g/mol. The first-order chi connectivity index (χ1) is 9.81. The van der Waals surface area contributed by atoms with Gasteiger partial charge in [-0.1, -0.05) is 18.8 Å². The van der Waals surface area contributed by atoms with Crippen LogP contribution in [-0.2, 0) is 11.2 Å². The minimum absolute atomic E-state index is 0.0484. The van der Waals surface area contributed by atoms with Gasteiger partial charge in [0.1, 0.15) is 0 Å². The highest BCUT2D eigenvalue weighted by Crippen LogP contribution is 2.32. The Kier molecular flexibility index (Phi) is 3.56. The van der Waals surface area contributed by atoms with Crippen molar-refractivity contribution in [1.82, 2.24) is 9.88 Å². The summed E-state index contributed by atoms with van der Waals surface area (Å²) in [5.41, 5.74) is 3.60. The molecular weight excluding hydrogens is 248 g/mol. The van der Waals surface area contributed by atoms with Crippen molar-refractivity contribution in [3.63, 3.8) is 0 Å². The Balaban J connectivity index is 2.11. The van der Waals surface area contributed by atoms with Gasteiger partial charge in [0.2, 0.25) is 0 Å². The minimum atomic E-state index is 0.0484. The largest absolute Gasteiger partial charge is 0.370 e. The molecule has 0 aromatic carbocycles. The fraction of sp³-hybridized carbons (Fsp3) is 0.412. The molecule has 2 heterocycles. The Morgan fingerprint density at radius 3 is 2.65 bits per heavy atom. The molecular formula is C17H18N2O. The van der Waals surface area contributed by atoms with Crippen molar-refractivity contribution in [3.05, 3.63) is 35.2 Å². The minimum Gasteiger partial charge on any atom is -0.370 e. The number of carbonyl (C=O) groups excluding carboxylic acids is 1. The van der Waals surface area contributed by atoms with Gasteiger partial charge in [-0.25, -0.2) is 0 Å². The fourth-order valence-electron chi connectivity index (χ4n) is 3.10. The van der Waals surface area contributed by atoms with E-state index < -0.39 is 0 Å². The summed E-state index contributed by atoms with van der Waals surface area (Å²) in [4.78, 5) is 18.7. The maximum absolute atomic E-state index is 12.3. The molecule has 1 aliphatic carbocycles. The summed E-state index contributed by atoms with van der Waals surface area (Å²) in [5, 5.41) is 0. The molecule has 0 amide bonds. The van der Waals surface area contributed by atoms with Gasteiger partial charge in [0.05, 0.1) is 11.3 Å². The smallest absolute Gasteiger partial charge is 0.177 e. The molecule has 2 aliphatic rings. The topological polar surface area (TPSA) is 33.2 Å². The molecule has 0 atom stereocenters. The third-order valence-corrected chi connectivity index (χ3v) is 4.09. The normalized spacial score (nSPS) is 19.4. The highest BCUT2D eigenvalue weighted by Gasteiger charge is 2.28. The van der Waals surface area contributed by atoms with Crippen molar-refractivity contribution in [2.24, 2.45) is 0 Å². The zero-order valence-electron chi connectivity index (χ0n) is 11.6. The lowest BCUT2D eigenvalue weighted by Gasteiger charge is -2.30. The Labute approximate surface area is 119 Å². The molecule has 1 aromatic rings. The first-order valence-corrected chi connectivity index (χ1v) is 7.23. The van der Waals surface area contributed by atoms with Crippen LogP contribution in [0.15, 0.2) is 24.0 Å². The van der Waals surface area contributed by atoms with Crippen molar-refractivity contribution < 1.29 is 4.79 Å². The molecule has 1 aliphatic heterocycles. The van der Waals surface area contributed by atoms with E-state index in [1.165, 1.54) is 12.8 Å². The quantitative estimate of drug-likeness (QED) is 0.732. The monoisotopic (exact) mass is 266 g/mol. The maximum atomic E-state index is 12.3. The number of carbonyl (C=O) groups is 1. The second-order valence-corrected chi connectivity index (χ2v) is 5.40. The molecule has 3 heteroatoms. The highest BCUT2D eigenvalue weighted by atomic mass is 16.1. The third-order valence-electron chi connectivity index (χ3n) is 4.09. The van der Waals surface area contributed by atoms with Crippen LogP contribution in [0, 0.1) is 12.3 Å².